The van der Waals surface area contributed by atoms with Crippen LogP contribution in [0.15, 0.2) is 42.8 Å². The van der Waals surface area contributed by atoms with E-state index in [1.54, 1.807) is 53.3 Å². The van der Waals surface area contributed by atoms with Crippen molar-refractivity contribution in [3.8, 4) is 17.2 Å². The Balaban J connectivity index is 1.38. The van der Waals surface area contributed by atoms with Crippen LogP contribution in [0.3, 0.4) is 0 Å². The lowest BCUT2D eigenvalue weighted by molar-refractivity contribution is 0.290. The largest absolute Gasteiger partial charge is 0.491 e. The van der Waals surface area contributed by atoms with E-state index in [2.05, 4.69) is 56.4 Å². The number of aromatic nitrogens is 6. The van der Waals surface area contributed by atoms with Gasteiger partial charge < -0.3 is 24.7 Å². The van der Waals surface area contributed by atoms with Gasteiger partial charge in [-0.15, -0.1) is 0 Å². The highest BCUT2D eigenvalue weighted by Gasteiger charge is 2.27. The summed E-state index contributed by atoms with van der Waals surface area (Å²) >= 11 is 0. The molecule has 1 aliphatic rings. The lowest BCUT2D eigenvalue weighted by Gasteiger charge is -2.28. The maximum atomic E-state index is 12.8. The molecule has 5 rings (SSSR count). The standard InChI is InChI=1S/C27H35FN10O2/c1-27(2,3)21(33-17-6-9-37(16-17)10-7-28)12-22(29)34-26-35-25-23(36(26)4)24(39-5)20(14-31-25)40-19-15-32-38-11-8-30-13-18(19)38/h8,11-15,17,33H,6-7,9-10,16H2,1-5H3,(H2,29,31,34,35)/b21-12-/t17-/m0/s1. The highest BCUT2D eigenvalue weighted by molar-refractivity contribution is 6.02. The number of allylic oxidation sites excluding steroid dienone is 1. The van der Waals surface area contributed by atoms with E-state index in [1.165, 1.54) is 0 Å². The first-order chi connectivity index (χ1) is 19.2. The molecule has 0 spiro atoms. The fraction of sp³-hybridized carbons (Fsp3) is 0.444. The van der Waals surface area contributed by atoms with Crippen LogP contribution in [0.4, 0.5) is 10.3 Å². The van der Waals surface area contributed by atoms with Gasteiger partial charge in [0, 0.05) is 56.2 Å². The molecule has 3 N–H and O–H groups in total. The van der Waals surface area contributed by atoms with E-state index in [4.69, 9.17) is 14.9 Å². The Kier molecular flexibility index (Phi) is 7.57. The van der Waals surface area contributed by atoms with E-state index in [-0.39, 0.29) is 24.0 Å². The van der Waals surface area contributed by atoms with Crippen molar-refractivity contribution in [3.05, 3.63) is 42.8 Å². The second-order valence-electron chi connectivity index (χ2n) is 10.8. The van der Waals surface area contributed by atoms with Crippen LogP contribution < -0.4 is 20.1 Å². The molecule has 40 heavy (non-hydrogen) atoms. The Bertz CT molecular complexity index is 1550. The minimum absolute atomic E-state index is 0.170. The SMILES string of the molecule is COc1c(Oc2cnn3ccncc23)cnc2nc(NC(=N)/C=C(\N[C@H]3CCN(CCF)C3)C(C)(C)C)n(C)c12. The molecule has 1 fully saturated rings. The molecule has 5 heterocycles. The number of anilines is 1. The van der Waals surface area contributed by atoms with Crippen molar-refractivity contribution in [2.24, 2.45) is 12.5 Å². The van der Waals surface area contributed by atoms with Gasteiger partial charge in [-0.25, -0.2) is 13.9 Å². The van der Waals surface area contributed by atoms with Gasteiger partial charge in [-0.1, -0.05) is 20.8 Å². The quantitative estimate of drug-likeness (QED) is 0.211. The molecule has 0 amide bonds. The van der Waals surface area contributed by atoms with Crippen molar-refractivity contribution in [1.29, 1.82) is 5.41 Å². The van der Waals surface area contributed by atoms with Crippen LogP contribution >= 0.6 is 0 Å². The van der Waals surface area contributed by atoms with Gasteiger partial charge in [-0.3, -0.25) is 15.3 Å². The number of halogens is 1. The first kappa shape index (κ1) is 27.3. The summed E-state index contributed by atoms with van der Waals surface area (Å²) in [6, 6.07) is 0.205. The molecule has 0 aromatic carbocycles. The number of nitrogens with one attached hydrogen (secondary N) is 3. The molecule has 4 aromatic heterocycles. The highest BCUT2D eigenvalue weighted by atomic mass is 19.1. The molecule has 13 heteroatoms. The van der Waals surface area contributed by atoms with Crippen molar-refractivity contribution in [1.82, 2.24) is 39.3 Å². The summed E-state index contributed by atoms with van der Waals surface area (Å²) in [5.41, 5.74) is 2.46. The lowest BCUT2D eigenvalue weighted by Crippen LogP contribution is -2.37. The Hall–Kier alpha value is -4.26. The molecule has 1 saturated heterocycles. The normalized spacial score (nSPS) is 16.6. The molecule has 1 aliphatic heterocycles. The average molecular weight is 551 g/mol. The van der Waals surface area contributed by atoms with Crippen LogP contribution in [-0.2, 0) is 7.05 Å². The van der Waals surface area contributed by atoms with Crippen LogP contribution in [0.25, 0.3) is 16.7 Å². The van der Waals surface area contributed by atoms with E-state index in [9.17, 15) is 4.39 Å². The molecule has 12 nitrogen and oxygen atoms in total. The third-order valence-electron chi connectivity index (χ3n) is 6.91. The molecule has 0 saturated carbocycles. The lowest BCUT2D eigenvalue weighted by atomic mass is 9.90. The van der Waals surface area contributed by atoms with Gasteiger partial charge >= 0.3 is 0 Å². The smallest absolute Gasteiger partial charge is 0.210 e. The van der Waals surface area contributed by atoms with E-state index in [1.807, 2.05) is 7.05 Å². The van der Waals surface area contributed by atoms with Crippen LogP contribution in [0.2, 0.25) is 0 Å². The molecular formula is C27H35FN10O2. The van der Waals surface area contributed by atoms with E-state index < -0.39 is 0 Å². The van der Waals surface area contributed by atoms with Crippen molar-refractivity contribution < 1.29 is 13.9 Å². The van der Waals surface area contributed by atoms with Gasteiger partial charge in [0.15, 0.2) is 22.9 Å². The number of alkyl halides is 1. The number of amidine groups is 1. The second kappa shape index (κ2) is 11.1. The molecule has 4 aromatic rings. The molecule has 0 unspecified atom stereocenters. The van der Waals surface area contributed by atoms with Crippen LogP contribution in [0.5, 0.6) is 17.2 Å². The number of ether oxygens (including phenoxy) is 2. The van der Waals surface area contributed by atoms with Crippen LogP contribution in [-0.4, -0.2) is 79.3 Å². The van der Waals surface area contributed by atoms with Crippen molar-refractivity contribution in [2.75, 3.05) is 38.7 Å². The van der Waals surface area contributed by atoms with Gasteiger partial charge in [0.05, 0.1) is 25.7 Å². The summed E-state index contributed by atoms with van der Waals surface area (Å²) in [6.45, 7) is 8.05. The first-order valence-electron chi connectivity index (χ1n) is 13.1. The topological polar surface area (TPSA) is 131 Å². The van der Waals surface area contributed by atoms with E-state index in [0.29, 0.717) is 46.4 Å². The number of methoxy groups -OCH3 is 1. The number of nitrogens with zero attached hydrogens (tertiary/aromatic N) is 7. The number of hydrogen-bond acceptors (Lipinski definition) is 9. The first-order valence-corrected chi connectivity index (χ1v) is 13.1. The van der Waals surface area contributed by atoms with Crippen LogP contribution in [0, 0.1) is 10.8 Å². The molecule has 0 aliphatic carbocycles. The van der Waals surface area contributed by atoms with Gasteiger partial charge in [0.1, 0.15) is 23.5 Å². The summed E-state index contributed by atoms with van der Waals surface area (Å²) in [5.74, 6) is 1.97. The number of imidazole rings is 1. The van der Waals surface area contributed by atoms with Gasteiger partial charge in [-0.2, -0.15) is 10.1 Å². The number of rotatable bonds is 9. The zero-order valence-corrected chi connectivity index (χ0v) is 23.4. The Morgan fingerprint density at radius 3 is 2.83 bits per heavy atom. The minimum Gasteiger partial charge on any atom is -0.491 e. The van der Waals surface area contributed by atoms with E-state index in [0.717, 1.165) is 25.2 Å². The number of fused-ring (bicyclic) bond motifs is 2. The maximum Gasteiger partial charge on any atom is 0.210 e. The average Bonchev–Trinajstić information content (AvgIpc) is 3.62. The molecular weight excluding hydrogens is 515 g/mol. The summed E-state index contributed by atoms with van der Waals surface area (Å²) < 4.78 is 28.1. The monoisotopic (exact) mass is 550 g/mol. The van der Waals surface area contributed by atoms with Gasteiger partial charge in [-0.05, 0) is 12.5 Å². The molecule has 0 radical (unpaired) electrons. The summed E-state index contributed by atoms with van der Waals surface area (Å²) in [4.78, 5) is 15.3. The summed E-state index contributed by atoms with van der Waals surface area (Å²) in [7, 11) is 3.38. The zero-order valence-electron chi connectivity index (χ0n) is 23.4. The summed E-state index contributed by atoms with van der Waals surface area (Å²) in [5, 5.41) is 19.7. The minimum atomic E-state index is -0.341. The Morgan fingerprint density at radius 1 is 1.25 bits per heavy atom. The number of pyridine rings is 1. The number of hydrogen-bond donors (Lipinski definition) is 3. The Labute approximate surface area is 231 Å². The Morgan fingerprint density at radius 2 is 2.08 bits per heavy atom. The molecule has 212 valence electrons. The van der Waals surface area contributed by atoms with Gasteiger partial charge in [0.25, 0.3) is 0 Å². The fourth-order valence-corrected chi connectivity index (χ4v) is 4.78. The molecule has 0 bridgehead atoms. The number of aryl methyl sites for hydroxylation is 1. The van der Waals surface area contributed by atoms with E-state index >= 15 is 0 Å². The van der Waals surface area contributed by atoms with Crippen LogP contribution in [0.1, 0.15) is 27.2 Å². The van der Waals surface area contributed by atoms with Gasteiger partial charge in [0.2, 0.25) is 5.95 Å². The molecule has 1 atom stereocenters. The van der Waals surface area contributed by atoms with Crippen molar-refractivity contribution >= 4 is 28.5 Å². The third kappa shape index (κ3) is 5.55. The third-order valence-corrected chi connectivity index (χ3v) is 6.91. The van der Waals surface area contributed by atoms with Crippen molar-refractivity contribution in [3.63, 3.8) is 0 Å². The number of likely N-dealkylation sites (tertiary alicyclic amines) is 1. The summed E-state index contributed by atoms with van der Waals surface area (Å²) in [6.07, 6.45) is 10.9. The zero-order chi connectivity index (χ0) is 28.4. The fourth-order valence-electron chi connectivity index (χ4n) is 4.78. The predicted molar refractivity (Wildman–Crippen MR) is 151 cm³/mol. The maximum absolute atomic E-state index is 12.8. The highest BCUT2D eigenvalue weighted by Crippen LogP contribution is 2.38. The second-order valence-corrected chi connectivity index (χ2v) is 10.8. The van der Waals surface area contributed by atoms with Crippen molar-refractivity contribution in [2.45, 2.75) is 33.2 Å². The predicted octanol–water partition coefficient (Wildman–Crippen LogP) is 3.76.